The Morgan fingerprint density at radius 1 is 1.00 bits per heavy atom. The Kier molecular flexibility index (Phi) is 5.32. The van der Waals surface area contributed by atoms with E-state index < -0.39 is 0 Å². The van der Waals surface area contributed by atoms with E-state index in [-0.39, 0.29) is 11.9 Å². The summed E-state index contributed by atoms with van der Waals surface area (Å²) in [7, 11) is 0. The van der Waals surface area contributed by atoms with E-state index in [4.69, 9.17) is 4.52 Å². The first-order valence-electron chi connectivity index (χ1n) is 11.1. The average Bonchev–Trinajstić information content (AvgIpc) is 3.48. The van der Waals surface area contributed by atoms with Crippen molar-refractivity contribution in [1.82, 2.24) is 19.9 Å². The fourth-order valence-electron chi connectivity index (χ4n) is 4.58. The molecule has 5 rings (SSSR count). The molecule has 0 N–H and O–H groups in total. The van der Waals surface area contributed by atoms with E-state index >= 15 is 0 Å². The number of piperazine rings is 1. The lowest BCUT2D eigenvalue weighted by molar-refractivity contribution is 0.0551. The number of rotatable bonds is 4. The third-order valence-electron chi connectivity index (χ3n) is 6.60. The smallest absolute Gasteiger partial charge is 0.253 e. The maximum absolute atomic E-state index is 13.0. The minimum absolute atomic E-state index is 0.0175. The quantitative estimate of drug-likeness (QED) is 0.642. The molecule has 0 radical (unpaired) electrons. The Labute approximate surface area is 182 Å². The second-order valence-corrected chi connectivity index (χ2v) is 8.66. The molecule has 1 atom stereocenters. The van der Waals surface area contributed by atoms with E-state index in [0.717, 1.165) is 37.1 Å². The molecular formula is C25H28N4O2. The van der Waals surface area contributed by atoms with Gasteiger partial charge in [0.05, 0.1) is 6.04 Å². The lowest BCUT2D eigenvalue weighted by Crippen LogP contribution is -2.49. The van der Waals surface area contributed by atoms with Crippen LogP contribution < -0.4 is 0 Å². The van der Waals surface area contributed by atoms with Crippen LogP contribution in [-0.2, 0) is 12.8 Å². The van der Waals surface area contributed by atoms with Crippen molar-refractivity contribution in [3.05, 3.63) is 70.6 Å². The molecule has 2 aliphatic rings. The van der Waals surface area contributed by atoms with Gasteiger partial charge in [-0.2, -0.15) is 4.98 Å². The lowest BCUT2D eigenvalue weighted by atomic mass is 10.1. The summed E-state index contributed by atoms with van der Waals surface area (Å²) in [6.07, 6.45) is 3.43. The Morgan fingerprint density at radius 3 is 2.52 bits per heavy atom. The van der Waals surface area contributed by atoms with Crippen molar-refractivity contribution in [1.29, 1.82) is 0 Å². The molecule has 3 aromatic rings. The molecule has 0 spiro atoms. The molecule has 6 heteroatoms. The molecule has 1 amide bonds. The molecule has 0 unspecified atom stereocenters. The second kappa shape index (κ2) is 8.27. The van der Waals surface area contributed by atoms with Gasteiger partial charge >= 0.3 is 0 Å². The van der Waals surface area contributed by atoms with Crippen molar-refractivity contribution >= 4 is 5.91 Å². The van der Waals surface area contributed by atoms with Crippen LogP contribution in [-0.4, -0.2) is 52.0 Å². The predicted molar refractivity (Wildman–Crippen MR) is 119 cm³/mol. The standard InChI is InChI=1S/C25H28N4O2/c1-17-6-8-20(9-7-17)23-26-24(31-27-23)18(2)28-12-14-29(15-13-28)25(30)22-11-10-19-4-3-5-21(19)16-22/h6-11,16,18H,3-5,12-15H2,1-2H3/t18-/m1/s1. The van der Waals surface area contributed by atoms with Crippen LogP contribution in [0.1, 0.15) is 52.3 Å². The summed E-state index contributed by atoms with van der Waals surface area (Å²) in [5.74, 6) is 1.38. The Hall–Kier alpha value is -2.99. The Bertz CT molecular complexity index is 1080. The molecule has 1 fully saturated rings. The zero-order valence-corrected chi connectivity index (χ0v) is 18.2. The van der Waals surface area contributed by atoms with Crippen LogP contribution in [0.25, 0.3) is 11.4 Å². The van der Waals surface area contributed by atoms with Gasteiger partial charge in [-0.3, -0.25) is 9.69 Å². The fourth-order valence-corrected chi connectivity index (χ4v) is 4.58. The third-order valence-corrected chi connectivity index (χ3v) is 6.60. The van der Waals surface area contributed by atoms with Gasteiger partial charge in [-0.05, 0) is 56.4 Å². The van der Waals surface area contributed by atoms with Gasteiger partial charge < -0.3 is 9.42 Å². The average molecular weight is 417 g/mol. The maximum atomic E-state index is 13.0. The minimum Gasteiger partial charge on any atom is -0.337 e. The molecule has 6 nitrogen and oxygen atoms in total. The first-order valence-corrected chi connectivity index (χ1v) is 11.1. The molecule has 2 aromatic carbocycles. The van der Waals surface area contributed by atoms with Crippen LogP contribution in [0.4, 0.5) is 0 Å². The molecule has 31 heavy (non-hydrogen) atoms. The topological polar surface area (TPSA) is 62.5 Å². The normalized spacial score (nSPS) is 17.5. The van der Waals surface area contributed by atoms with Crippen molar-refractivity contribution in [3.63, 3.8) is 0 Å². The first-order chi connectivity index (χ1) is 15.1. The number of nitrogens with zero attached hydrogens (tertiary/aromatic N) is 4. The fraction of sp³-hybridized carbons (Fsp3) is 0.400. The van der Waals surface area contributed by atoms with Crippen molar-refractivity contribution < 1.29 is 9.32 Å². The number of amides is 1. The predicted octanol–water partition coefficient (Wildman–Crippen LogP) is 4.05. The summed E-state index contributed by atoms with van der Waals surface area (Å²) in [5.41, 5.74) is 5.73. The molecule has 1 aliphatic heterocycles. The highest BCUT2D eigenvalue weighted by Gasteiger charge is 2.28. The minimum atomic E-state index is 0.0175. The van der Waals surface area contributed by atoms with Gasteiger partial charge in [-0.15, -0.1) is 0 Å². The van der Waals surface area contributed by atoms with Crippen LogP contribution in [0, 0.1) is 6.92 Å². The lowest BCUT2D eigenvalue weighted by Gasteiger charge is -2.36. The Balaban J connectivity index is 1.21. The zero-order chi connectivity index (χ0) is 21.4. The SMILES string of the molecule is Cc1ccc(-c2noc([C@@H](C)N3CCN(C(=O)c4ccc5c(c4)CCC5)CC3)n2)cc1. The molecule has 1 saturated heterocycles. The number of carbonyl (C=O) groups is 1. The van der Waals surface area contributed by atoms with Crippen LogP contribution in [0.5, 0.6) is 0 Å². The summed E-state index contributed by atoms with van der Waals surface area (Å²) < 4.78 is 5.57. The van der Waals surface area contributed by atoms with E-state index in [2.05, 4.69) is 41.0 Å². The summed E-state index contributed by atoms with van der Waals surface area (Å²) in [5, 5.41) is 4.17. The molecule has 0 bridgehead atoms. The highest BCUT2D eigenvalue weighted by Crippen LogP contribution is 2.26. The highest BCUT2D eigenvalue weighted by molar-refractivity contribution is 5.94. The molecule has 160 valence electrons. The summed E-state index contributed by atoms with van der Waals surface area (Å²) >= 11 is 0. The number of hydrogen-bond donors (Lipinski definition) is 0. The van der Waals surface area contributed by atoms with E-state index in [1.165, 1.54) is 23.1 Å². The van der Waals surface area contributed by atoms with Crippen LogP contribution in [0.3, 0.4) is 0 Å². The van der Waals surface area contributed by atoms with Gasteiger partial charge in [-0.1, -0.05) is 41.1 Å². The van der Waals surface area contributed by atoms with Crippen molar-refractivity contribution in [3.8, 4) is 11.4 Å². The van der Waals surface area contributed by atoms with Crippen molar-refractivity contribution in [2.45, 2.75) is 39.2 Å². The zero-order valence-electron chi connectivity index (χ0n) is 18.2. The first kappa shape index (κ1) is 19.9. The van der Waals surface area contributed by atoms with E-state index in [1.807, 2.05) is 35.2 Å². The number of fused-ring (bicyclic) bond motifs is 1. The highest BCUT2D eigenvalue weighted by atomic mass is 16.5. The van der Waals surface area contributed by atoms with Crippen LogP contribution in [0.15, 0.2) is 47.0 Å². The van der Waals surface area contributed by atoms with E-state index in [0.29, 0.717) is 24.8 Å². The van der Waals surface area contributed by atoms with Gasteiger partial charge in [-0.25, -0.2) is 0 Å². The third kappa shape index (κ3) is 4.00. The van der Waals surface area contributed by atoms with Gasteiger partial charge in [0.1, 0.15) is 0 Å². The largest absolute Gasteiger partial charge is 0.337 e. The summed E-state index contributed by atoms with van der Waals surface area (Å²) in [6, 6.07) is 14.4. The maximum Gasteiger partial charge on any atom is 0.253 e. The van der Waals surface area contributed by atoms with Crippen molar-refractivity contribution in [2.75, 3.05) is 26.2 Å². The van der Waals surface area contributed by atoms with Gasteiger partial charge in [0.2, 0.25) is 11.7 Å². The van der Waals surface area contributed by atoms with Crippen molar-refractivity contribution in [2.24, 2.45) is 0 Å². The van der Waals surface area contributed by atoms with Gasteiger partial charge in [0, 0.05) is 37.3 Å². The number of benzene rings is 2. The molecule has 0 saturated carbocycles. The van der Waals surface area contributed by atoms with Crippen LogP contribution >= 0.6 is 0 Å². The molecule has 2 heterocycles. The number of hydrogen-bond acceptors (Lipinski definition) is 5. The van der Waals surface area contributed by atoms with E-state index in [9.17, 15) is 4.79 Å². The molecular weight excluding hydrogens is 388 g/mol. The van der Waals surface area contributed by atoms with Crippen LogP contribution in [0.2, 0.25) is 0 Å². The number of carbonyl (C=O) groups excluding carboxylic acids is 1. The van der Waals surface area contributed by atoms with Gasteiger partial charge in [0.15, 0.2) is 0 Å². The summed E-state index contributed by atoms with van der Waals surface area (Å²) in [4.78, 5) is 21.9. The van der Waals surface area contributed by atoms with E-state index in [1.54, 1.807) is 0 Å². The van der Waals surface area contributed by atoms with Gasteiger partial charge in [0.25, 0.3) is 5.91 Å². The summed E-state index contributed by atoms with van der Waals surface area (Å²) in [6.45, 7) is 7.14. The number of aryl methyl sites for hydroxylation is 3. The Morgan fingerprint density at radius 2 is 1.74 bits per heavy atom. The molecule has 1 aromatic heterocycles. The monoisotopic (exact) mass is 416 g/mol. The second-order valence-electron chi connectivity index (χ2n) is 8.66. The number of aromatic nitrogens is 2. The molecule has 1 aliphatic carbocycles.